The summed E-state index contributed by atoms with van der Waals surface area (Å²) < 4.78 is 4.51. The SMILES string of the molecule is O=[N+]([O-])c1ccccc1-c1ccc2c(c1)c1ccc3c(ccn3-c3ccccc3)c1n2-c1ccccc1. The number of fused-ring (bicyclic) bond motifs is 5. The van der Waals surface area contributed by atoms with Gasteiger partial charge in [-0.25, -0.2) is 0 Å². The Morgan fingerprint density at radius 3 is 2.03 bits per heavy atom. The fourth-order valence-corrected chi connectivity index (χ4v) is 5.43. The van der Waals surface area contributed by atoms with Gasteiger partial charge in [-0.1, -0.05) is 60.7 Å². The summed E-state index contributed by atoms with van der Waals surface area (Å²) in [5, 5.41) is 15.0. The van der Waals surface area contributed by atoms with Crippen LogP contribution in [-0.4, -0.2) is 14.1 Å². The van der Waals surface area contributed by atoms with Crippen molar-refractivity contribution in [1.82, 2.24) is 9.13 Å². The molecule has 0 saturated heterocycles. The highest BCUT2D eigenvalue weighted by Gasteiger charge is 2.19. The first-order valence-electron chi connectivity index (χ1n) is 12.1. The highest BCUT2D eigenvalue weighted by atomic mass is 16.6. The zero-order chi connectivity index (χ0) is 24.9. The van der Waals surface area contributed by atoms with Gasteiger partial charge in [0.15, 0.2) is 0 Å². The van der Waals surface area contributed by atoms with E-state index >= 15 is 0 Å². The summed E-state index contributed by atoms with van der Waals surface area (Å²) in [6, 6.07) is 40.2. The van der Waals surface area contributed by atoms with E-state index in [9.17, 15) is 10.1 Å². The molecule has 0 aliphatic heterocycles. The van der Waals surface area contributed by atoms with Crippen molar-refractivity contribution in [2.24, 2.45) is 0 Å². The monoisotopic (exact) mass is 479 g/mol. The average Bonchev–Trinajstić information content (AvgIpc) is 3.53. The molecule has 7 rings (SSSR count). The molecule has 0 unspecified atom stereocenters. The number of hydrogen-bond donors (Lipinski definition) is 0. The van der Waals surface area contributed by atoms with Crippen molar-refractivity contribution in [3.8, 4) is 22.5 Å². The summed E-state index contributed by atoms with van der Waals surface area (Å²) in [5.41, 5.74) is 7.03. The Bertz CT molecular complexity index is 1950. The first-order valence-corrected chi connectivity index (χ1v) is 12.1. The third-order valence-corrected chi connectivity index (χ3v) is 7.06. The van der Waals surface area contributed by atoms with Crippen LogP contribution in [0.1, 0.15) is 0 Å². The van der Waals surface area contributed by atoms with E-state index in [1.165, 1.54) is 0 Å². The molecule has 5 aromatic carbocycles. The van der Waals surface area contributed by atoms with Crippen LogP contribution in [0.15, 0.2) is 128 Å². The molecule has 0 aliphatic rings. The predicted molar refractivity (Wildman–Crippen MR) is 150 cm³/mol. The molecule has 0 saturated carbocycles. The molecule has 7 aromatic rings. The smallest absolute Gasteiger partial charge is 0.277 e. The lowest BCUT2D eigenvalue weighted by atomic mass is 10.0. The van der Waals surface area contributed by atoms with E-state index in [1.807, 2.05) is 54.6 Å². The van der Waals surface area contributed by atoms with Crippen molar-refractivity contribution >= 4 is 38.4 Å². The van der Waals surface area contributed by atoms with Gasteiger partial charge >= 0.3 is 0 Å². The van der Waals surface area contributed by atoms with Gasteiger partial charge in [0.1, 0.15) is 0 Å². The van der Waals surface area contributed by atoms with Gasteiger partial charge < -0.3 is 9.13 Å². The second kappa shape index (κ2) is 8.21. The lowest BCUT2D eigenvalue weighted by Crippen LogP contribution is -1.95. The lowest BCUT2D eigenvalue weighted by Gasteiger charge is -2.10. The predicted octanol–water partition coefficient (Wildman–Crippen LogP) is 8.30. The van der Waals surface area contributed by atoms with Crippen molar-refractivity contribution in [3.63, 3.8) is 0 Å². The Balaban J connectivity index is 1.57. The van der Waals surface area contributed by atoms with E-state index in [1.54, 1.807) is 12.1 Å². The molecule has 2 aromatic heterocycles. The fraction of sp³-hybridized carbons (Fsp3) is 0. The molecule has 5 heteroatoms. The number of nitrogens with zero attached hydrogens (tertiary/aromatic N) is 3. The van der Waals surface area contributed by atoms with Crippen LogP contribution in [-0.2, 0) is 0 Å². The van der Waals surface area contributed by atoms with E-state index in [2.05, 4.69) is 69.9 Å². The van der Waals surface area contributed by atoms with Crippen LogP contribution < -0.4 is 0 Å². The molecular formula is C32H21N3O2. The van der Waals surface area contributed by atoms with Crippen LogP contribution in [0.25, 0.3) is 55.2 Å². The van der Waals surface area contributed by atoms with Crippen LogP contribution in [0.4, 0.5) is 5.69 Å². The molecule has 0 aliphatic carbocycles. The average molecular weight is 480 g/mol. The van der Waals surface area contributed by atoms with Gasteiger partial charge in [-0.2, -0.15) is 0 Å². The number of hydrogen-bond acceptors (Lipinski definition) is 2. The Morgan fingerprint density at radius 2 is 1.27 bits per heavy atom. The van der Waals surface area contributed by atoms with Crippen LogP contribution in [0.3, 0.4) is 0 Å². The quantitative estimate of drug-likeness (QED) is 0.188. The van der Waals surface area contributed by atoms with Crippen LogP contribution in [0.5, 0.6) is 0 Å². The molecule has 0 N–H and O–H groups in total. The second-order valence-corrected chi connectivity index (χ2v) is 9.09. The minimum atomic E-state index is -0.317. The summed E-state index contributed by atoms with van der Waals surface area (Å²) in [5.74, 6) is 0. The van der Waals surface area contributed by atoms with E-state index in [4.69, 9.17) is 0 Å². The van der Waals surface area contributed by atoms with E-state index in [-0.39, 0.29) is 10.6 Å². The summed E-state index contributed by atoms with van der Waals surface area (Å²) in [4.78, 5) is 11.4. The molecule has 2 heterocycles. The van der Waals surface area contributed by atoms with E-state index in [0.717, 1.165) is 49.6 Å². The highest BCUT2D eigenvalue weighted by molar-refractivity contribution is 6.19. The van der Waals surface area contributed by atoms with Crippen molar-refractivity contribution in [1.29, 1.82) is 0 Å². The van der Waals surface area contributed by atoms with Crippen LogP contribution in [0.2, 0.25) is 0 Å². The molecular weight excluding hydrogens is 458 g/mol. The molecule has 0 spiro atoms. The third-order valence-electron chi connectivity index (χ3n) is 7.06. The summed E-state index contributed by atoms with van der Waals surface area (Å²) in [6.07, 6.45) is 2.12. The van der Waals surface area contributed by atoms with E-state index < -0.39 is 0 Å². The van der Waals surface area contributed by atoms with Gasteiger partial charge in [0.05, 0.1) is 27.0 Å². The molecule has 5 nitrogen and oxygen atoms in total. The van der Waals surface area contributed by atoms with E-state index in [0.29, 0.717) is 5.56 Å². The standard InChI is InChI=1S/C32H21N3O2/c36-35(37)31-14-8-7-13-25(31)22-15-17-30-28(21-22)26-16-18-29-27(19-20-33(29)23-9-3-1-4-10-23)32(26)34(30)24-11-5-2-6-12-24/h1-21H. The normalized spacial score (nSPS) is 11.5. The number of para-hydroxylation sites is 3. The van der Waals surface area contributed by atoms with Crippen LogP contribution >= 0.6 is 0 Å². The second-order valence-electron chi connectivity index (χ2n) is 9.09. The van der Waals surface area contributed by atoms with Gasteiger partial charge in [-0.15, -0.1) is 0 Å². The first kappa shape index (κ1) is 21.1. The number of nitro benzene ring substituents is 1. The zero-order valence-electron chi connectivity index (χ0n) is 19.8. The maximum Gasteiger partial charge on any atom is 0.277 e. The number of benzene rings is 5. The van der Waals surface area contributed by atoms with Gasteiger partial charge in [0.2, 0.25) is 0 Å². The Kier molecular flexibility index (Phi) is 4.69. The third kappa shape index (κ3) is 3.25. The maximum absolute atomic E-state index is 11.7. The number of nitro groups is 1. The maximum atomic E-state index is 11.7. The molecule has 0 bridgehead atoms. The van der Waals surface area contributed by atoms with Crippen molar-refractivity contribution in [2.75, 3.05) is 0 Å². The molecule has 0 fully saturated rings. The minimum absolute atomic E-state index is 0.107. The molecule has 37 heavy (non-hydrogen) atoms. The Morgan fingerprint density at radius 1 is 0.595 bits per heavy atom. The summed E-state index contributed by atoms with van der Waals surface area (Å²) >= 11 is 0. The lowest BCUT2D eigenvalue weighted by molar-refractivity contribution is -0.384. The van der Waals surface area contributed by atoms with Gasteiger partial charge in [0.25, 0.3) is 5.69 Å². The molecule has 0 atom stereocenters. The highest BCUT2D eigenvalue weighted by Crippen LogP contribution is 2.40. The first-order chi connectivity index (χ1) is 18.2. The molecule has 0 amide bonds. The Hall–Kier alpha value is -5.16. The topological polar surface area (TPSA) is 53.0 Å². The molecule has 176 valence electrons. The van der Waals surface area contributed by atoms with Crippen LogP contribution in [0, 0.1) is 10.1 Å². The molecule has 0 radical (unpaired) electrons. The fourth-order valence-electron chi connectivity index (χ4n) is 5.43. The summed E-state index contributed by atoms with van der Waals surface area (Å²) in [6.45, 7) is 0. The zero-order valence-corrected chi connectivity index (χ0v) is 19.8. The van der Waals surface area contributed by atoms with Gasteiger partial charge in [0, 0.05) is 39.8 Å². The van der Waals surface area contributed by atoms with Crippen molar-refractivity contribution in [2.45, 2.75) is 0 Å². The largest absolute Gasteiger partial charge is 0.316 e. The number of rotatable bonds is 4. The van der Waals surface area contributed by atoms with Crippen molar-refractivity contribution in [3.05, 3.63) is 138 Å². The van der Waals surface area contributed by atoms with Crippen molar-refractivity contribution < 1.29 is 4.92 Å². The van der Waals surface area contributed by atoms with Gasteiger partial charge in [-0.05, 0) is 60.2 Å². The minimum Gasteiger partial charge on any atom is -0.316 e. The Labute approximate surface area is 212 Å². The number of aromatic nitrogens is 2. The summed E-state index contributed by atoms with van der Waals surface area (Å²) in [7, 11) is 0. The van der Waals surface area contributed by atoms with Gasteiger partial charge in [-0.3, -0.25) is 10.1 Å².